The molecule has 0 radical (unpaired) electrons. The van der Waals surface area contributed by atoms with Crippen LogP contribution in [-0.4, -0.2) is 5.11 Å². The zero-order valence-corrected chi connectivity index (χ0v) is 9.57. The Kier molecular flexibility index (Phi) is 3.36. The van der Waals surface area contributed by atoms with Crippen LogP contribution in [-0.2, 0) is 0 Å². The van der Waals surface area contributed by atoms with Crippen molar-refractivity contribution >= 4 is 11.6 Å². The zero-order chi connectivity index (χ0) is 11.8. The van der Waals surface area contributed by atoms with Crippen molar-refractivity contribution in [1.82, 2.24) is 0 Å². The van der Waals surface area contributed by atoms with Gasteiger partial charge in [-0.15, -0.1) is 0 Å². The van der Waals surface area contributed by atoms with Crippen molar-refractivity contribution in [2.24, 2.45) is 5.41 Å². The van der Waals surface area contributed by atoms with Gasteiger partial charge in [-0.05, 0) is 17.5 Å². The Morgan fingerprint density at radius 2 is 1.73 bits per heavy atom. The maximum Gasteiger partial charge on any atom is 0.142 e. The van der Waals surface area contributed by atoms with E-state index in [1.807, 2.05) is 0 Å². The fourth-order valence-electron chi connectivity index (χ4n) is 1.21. The van der Waals surface area contributed by atoms with Crippen LogP contribution < -0.4 is 0 Å². The number of halogens is 3. The van der Waals surface area contributed by atoms with Gasteiger partial charge in [-0.3, -0.25) is 0 Å². The molecule has 1 rings (SSSR count). The van der Waals surface area contributed by atoms with Crippen molar-refractivity contribution in [1.29, 1.82) is 0 Å². The molecule has 0 aliphatic carbocycles. The molecule has 0 heterocycles. The maximum atomic E-state index is 13.4. The highest BCUT2D eigenvalue weighted by Gasteiger charge is 2.27. The van der Waals surface area contributed by atoms with Gasteiger partial charge in [0.25, 0.3) is 0 Å². The molecular formula is C11H13ClF2O. The van der Waals surface area contributed by atoms with E-state index in [9.17, 15) is 13.9 Å². The molecule has 0 amide bonds. The molecule has 0 saturated carbocycles. The zero-order valence-electron chi connectivity index (χ0n) is 8.81. The predicted octanol–water partition coefficient (Wildman–Crippen LogP) is 3.70. The number of benzene rings is 1. The lowest BCUT2D eigenvalue weighted by Crippen LogP contribution is -2.19. The van der Waals surface area contributed by atoms with Crippen molar-refractivity contribution in [2.75, 3.05) is 0 Å². The van der Waals surface area contributed by atoms with Crippen LogP contribution in [0, 0.1) is 17.0 Å². The molecule has 1 N–H and O–H groups in total. The van der Waals surface area contributed by atoms with Crippen LogP contribution in [0.15, 0.2) is 12.1 Å². The fraction of sp³-hybridized carbons (Fsp3) is 0.455. The first kappa shape index (κ1) is 12.4. The highest BCUT2D eigenvalue weighted by Crippen LogP contribution is 2.35. The minimum atomic E-state index is -1.07. The number of hydrogen-bond donors (Lipinski definition) is 1. The molecule has 1 aromatic rings. The molecule has 1 unspecified atom stereocenters. The Morgan fingerprint density at radius 3 is 2.20 bits per heavy atom. The van der Waals surface area contributed by atoms with E-state index in [0.29, 0.717) is 0 Å². The summed E-state index contributed by atoms with van der Waals surface area (Å²) in [6.45, 7) is 5.22. The maximum absolute atomic E-state index is 13.4. The lowest BCUT2D eigenvalue weighted by atomic mass is 9.84. The van der Waals surface area contributed by atoms with Crippen LogP contribution in [0.25, 0.3) is 0 Å². The molecule has 0 aliphatic rings. The lowest BCUT2D eigenvalue weighted by molar-refractivity contribution is 0.0592. The summed E-state index contributed by atoms with van der Waals surface area (Å²) in [6.07, 6.45) is -1.07. The van der Waals surface area contributed by atoms with Gasteiger partial charge < -0.3 is 5.11 Å². The van der Waals surface area contributed by atoms with Gasteiger partial charge in [0.15, 0.2) is 0 Å². The van der Waals surface area contributed by atoms with Gasteiger partial charge >= 0.3 is 0 Å². The van der Waals surface area contributed by atoms with Gasteiger partial charge in [0.05, 0.1) is 11.1 Å². The second-order valence-corrected chi connectivity index (χ2v) is 4.96. The molecule has 0 aliphatic heterocycles. The largest absolute Gasteiger partial charge is 0.388 e. The Balaban J connectivity index is 3.21. The number of rotatable bonds is 1. The predicted molar refractivity (Wildman–Crippen MR) is 55.8 cm³/mol. The van der Waals surface area contributed by atoms with Gasteiger partial charge in [0.1, 0.15) is 11.6 Å². The quantitative estimate of drug-likeness (QED) is 0.735. The van der Waals surface area contributed by atoms with Crippen LogP contribution in [0.3, 0.4) is 0 Å². The first-order chi connectivity index (χ1) is 6.73. The summed E-state index contributed by atoms with van der Waals surface area (Å²) in [5, 5.41) is 9.52. The minimum Gasteiger partial charge on any atom is -0.388 e. The van der Waals surface area contributed by atoms with Gasteiger partial charge in [-0.25, -0.2) is 8.78 Å². The summed E-state index contributed by atoms with van der Waals surface area (Å²) in [5.41, 5.74) is -0.620. The lowest BCUT2D eigenvalue weighted by Gasteiger charge is -2.26. The topological polar surface area (TPSA) is 20.2 Å². The van der Waals surface area contributed by atoms with E-state index in [-0.39, 0.29) is 10.6 Å². The van der Waals surface area contributed by atoms with E-state index in [2.05, 4.69) is 0 Å². The first-order valence-electron chi connectivity index (χ1n) is 4.56. The Labute approximate surface area is 92.7 Å². The smallest absolute Gasteiger partial charge is 0.142 e. The molecule has 0 fully saturated rings. The average molecular weight is 235 g/mol. The second kappa shape index (κ2) is 4.06. The molecule has 1 nitrogen and oxygen atoms in total. The van der Waals surface area contributed by atoms with E-state index < -0.39 is 23.2 Å². The first-order valence-corrected chi connectivity index (χ1v) is 4.94. The van der Waals surface area contributed by atoms with E-state index in [1.165, 1.54) is 0 Å². The molecule has 15 heavy (non-hydrogen) atoms. The van der Waals surface area contributed by atoms with Crippen molar-refractivity contribution in [3.8, 4) is 0 Å². The monoisotopic (exact) mass is 234 g/mol. The molecule has 4 heteroatoms. The van der Waals surface area contributed by atoms with Crippen molar-refractivity contribution in [3.63, 3.8) is 0 Å². The molecule has 0 bridgehead atoms. The Bertz CT molecular complexity index is 372. The van der Waals surface area contributed by atoms with E-state index in [1.54, 1.807) is 20.8 Å². The van der Waals surface area contributed by atoms with E-state index in [4.69, 9.17) is 11.6 Å². The molecule has 0 spiro atoms. The van der Waals surface area contributed by atoms with Gasteiger partial charge in [0.2, 0.25) is 0 Å². The van der Waals surface area contributed by atoms with Crippen LogP contribution >= 0.6 is 11.6 Å². The SMILES string of the molecule is CC(C)(C)C(O)c1cc(F)c(Cl)cc1F. The third-order valence-electron chi connectivity index (χ3n) is 2.15. The van der Waals surface area contributed by atoms with Gasteiger partial charge in [-0.2, -0.15) is 0 Å². The molecule has 84 valence electrons. The fourth-order valence-corrected chi connectivity index (χ4v) is 1.36. The molecular weight excluding hydrogens is 222 g/mol. The summed E-state index contributed by atoms with van der Waals surface area (Å²) in [4.78, 5) is 0. The Morgan fingerprint density at radius 1 is 1.20 bits per heavy atom. The number of hydrogen-bond acceptors (Lipinski definition) is 1. The average Bonchev–Trinajstić information content (AvgIpc) is 2.08. The minimum absolute atomic E-state index is 0.0654. The van der Waals surface area contributed by atoms with Gasteiger partial charge in [0, 0.05) is 5.56 Å². The Hall–Kier alpha value is -0.670. The second-order valence-electron chi connectivity index (χ2n) is 4.56. The third kappa shape index (κ3) is 2.67. The van der Waals surface area contributed by atoms with Gasteiger partial charge in [-0.1, -0.05) is 32.4 Å². The van der Waals surface area contributed by atoms with Crippen LogP contribution in [0.4, 0.5) is 8.78 Å². The molecule has 0 saturated heterocycles. The highest BCUT2D eigenvalue weighted by molar-refractivity contribution is 6.30. The molecule has 1 atom stereocenters. The summed E-state index contributed by atoms with van der Waals surface area (Å²) in [5.74, 6) is -1.42. The van der Waals surface area contributed by atoms with Crippen LogP contribution in [0.2, 0.25) is 5.02 Å². The summed E-state index contributed by atoms with van der Waals surface area (Å²) < 4.78 is 26.5. The van der Waals surface area contributed by atoms with E-state index in [0.717, 1.165) is 12.1 Å². The third-order valence-corrected chi connectivity index (χ3v) is 2.44. The highest BCUT2D eigenvalue weighted by atomic mass is 35.5. The summed E-state index contributed by atoms with van der Waals surface area (Å²) >= 11 is 5.41. The van der Waals surface area contributed by atoms with Crippen molar-refractivity contribution < 1.29 is 13.9 Å². The molecule has 1 aromatic carbocycles. The van der Waals surface area contributed by atoms with Crippen molar-refractivity contribution in [3.05, 3.63) is 34.4 Å². The number of aliphatic hydroxyl groups excluding tert-OH is 1. The number of aliphatic hydroxyl groups is 1. The van der Waals surface area contributed by atoms with Crippen LogP contribution in [0.5, 0.6) is 0 Å². The van der Waals surface area contributed by atoms with Crippen LogP contribution in [0.1, 0.15) is 32.4 Å². The summed E-state index contributed by atoms with van der Waals surface area (Å²) in [6, 6.07) is 1.81. The normalized spacial score (nSPS) is 14.1. The summed E-state index contributed by atoms with van der Waals surface area (Å²) in [7, 11) is 0. The standard InChI is InChI=1S/C11H13ClF2O/c1-11(2,3)10(15)6-4-9(14)7(12)5-8(6)13/h4-5,10,15H,1-3H3. The molecule has 0 aromatic heterocycles. The van der Waals surface area contributed by atoms with E-state index >= 15 is 0 Å². The van der Waals surface area contributed by atoms with Crippen molar-refractivity contribution in [2.45, 2.75) is 26.9 Å².